The summed E-state index contributed by atoms with van der Waals surface area (Å²) in [4.78, 5) is 0.0878. The summed E-state index contributed by atoms with van der Waals surface area (Å²) in [6.45, 7) is 1.50. The molecule has 0 unspecified atom stereocenters. The van der Waals surface area contributed by atoms with Gasteiger partial charge in [0, 0.05) is 4.47 Å². The van der Waals surface area contributed by atoms with Crippen LogP contribution >= 0.6 is 15.9 Å². The molecule has 4 nitrogen and oxygen atoms in total. The van der Waals surface area contributed by atoms with Crippen LogP contribution in [0.15, 0.2) is 51.8 Å². The molecule has 0 spiro atoms. The van der Waals surface area contributed by atoms with E-state index in [-0.39, 0.29) is 11.5 Å². The fourth-order valence-corrected chi connectivity index (χ4v) is 3.68. The van der Waals surface area contributed by atoms with Gasteiger partial charge in [0.15, 0.2) is 0 Å². The molecule has 0 atom stereocenters. The smallest absolute Gasteiger partial charge is 0.262 e. The molecule has 6 heteroatoms. The number of halogens is 1. The van der Waals surface area contributed by atoms with Gasteiger partial charge < -0.3 is 5.11 Å². The van der Waals surface area contributed by atoms with Gasteiger partial charge in [-0.15, -0.1) is 0 Å². The average molecular weight is 356 g/mol. The Kier molecular flexibility index (Phi) is 4.47. The maximum absolute atomic E-state index is 12.4. The number of aliphatic hydroxyl groups excluding tert-OH is 1. The molecular formula is C14H14BrNO3S. The number of aliphatic hydroxyl groups is 1. The number of benzene rings is 2. The van der Waals surface area contributed by atoms with Crippen LogP contribution in [0.1, 0.15) is 11.1 Å². The number of aryl methyl sites for hydroxylation is 1. The van der Waals surface area contributed by atoms with Crippen LogP contribution in [0.4, 0.5) is 5.69 Å². The molecule has 0 aliphatic carbocycles. The summed E-state index contributed by atoms with van der Waals surface area (Å²) < 4.78 is 28.2. The van der Waals surface area contributed by atoms with Crippen LogP contribution in [0.25, 0.3) is 0 Å². The Hall–Kier alpha value is -1.37. The molecular weight excluding hydrogens is 342 g/mol. The van der Waals surface area contributed by atoms with Crippen molar-refractivity contribution in [3.8, 4) is 0 Å². The molecule has 0 radical (unpaired) electrons. The molecule has 2 aromatic carbocycles. The van der Waals surface area contributed by atoms with Crippen molar-refractivity contribution in [2.75, 3.05) is 4.72 Å². The lowest BCUT2D eigenvalue weighted by molar-refractivity contribution is 0.278. The lowest BCUT2D eigenvalue weighted by Crippen LogP contribution is -2.15. The van der Waals surface area contributed by atoms with Crippen LogP contribution in [0.5, 0.6) is 0 Å². The van der Waals surface area contributed by atoms with Crippen LogP contribution in [-0.2, 0) is 16.6 Å². The highest BCUT2D eigenvalue weighted by Gasteiger charge is 2.18. The molecule has 2 N–H and O–H groups in total. The highest BCUT2D eigenvalue weighted by atomic mass is 79.9. The highest BCUT2D eigenvalue weighted by Crippen LogP contribution is 2.24. The number of hydrogen-bond acceptors (Lipinski definition) is 3. The summed E-state index contributed by atoms with van der Waals surface area (Å²) >= 11 is 3.33. The third-order valence-corrected chi connectivity index (χ3v) is 4.82. The van der Waals surface area contributed by atoms with Crippen molar-refractivity contribution < 1.29 is 13.5 Å². The normalized spacial score (nSPS) is 11.3. The van der Waals surface area contributed by atoms with Gasteiger partial charge in [-0.1, -0.05) is 34.1 Å². The third-order valence-electron chi connectivity index (χ3n) is 2.87. The predicted molar refractivity (Wildman–Crippen MR) is 82.1 cm³/mol. The molecule has 0 bridgehead atoms. The van der Waals surface area contributed by atoms with E-state index in [1.54, 1.807) is 30.3 Å². The van der Waals surface area contributed by atoms with Gasteiger partial charge in [-0.2, -0.15) is 0 Å². The van der Waals surface area contributed by atoms with Gasteiger partial charge in [-0.25, -0.2) is 8.42 Å². The van der Waals surface area contributed by atoms with Crippen LogP contribution in [0, 0.1) is 6.92 Å². The largest absolute Gasteiger partial charge is 0.392 e. The van der Waals surface area contributed by atoms with E-state index < -0.39 is 10.0 Å². The topological polar surface area (TPSA) is 66.4 Å². The monoisotopic (exact) mass is 355 g/mol. The van der Waals surface area contributed by atoms with Crippen molar-refractivity contribution >= 4 is 31.6 Å². The molecule has 0 heterocycles. The summed E-state index contributed by atoms with van der Waals surface area (Å²) in [6.07, 6.45) is 0. The number of anilines is 1. The van der Waals surface area contributed by atoms with E-state index in [0.29, 0.717) is 11.3 Å². The molecule has 0 aromatic heterocycles. The van der Waals surface area contributed by atoms with Crippen LogP contribution in [0.2, 0.25) is 0 Å². The second kappa shape index (κ2) is 5.95. The quantitative estimate of drug-likeness (QED) is 0.885. The van der Waals surface area contributed by atoms with Gasteiger partial charge in [0.05, 0.1) is 17.2 Å². The first-order valence-electron chi connectivity index (χ1n) is 5.92. The minimum atomic E-state index is -3.72. The van der Waals surface area contributed by atoms with Gasteiger partial charge in [0.25, 0.3) is 10.0 Å². The van der Waals surface area contributed by atoms with Crippen molar-refractivity contribution in [3.63, 3.8) is 0 Å². The van der Waals surface area contributed by atoms with E-state index in [0.717, 1.165) is 10.0 Å². The zero-order chi connectivity index (χ0) is 14.8. The lowest BCUT2D eigenvalue weighted by Gasteiger charge is -2.13. The van der Waals surface area contributed by atoms with Gasteiger partial charge in [-0.3, -0.25) is 4.72 Å². The molecule has 0 saturated carbocycles. The summed E-state index contributed by atoms with van der Waals surface area (Å²) in [5, 5.41) is 9.24. The molecule has 20 heavy (non-hydrogen) atoms. The van der Waals surface area contributed by atoms with Crippen LogP contribution in [-0.4, -0.2) is 13.5 Å². The van der Waals surface area contributed by atoms with Gasteiger partial charge in [-0.05, 0) is 42.3 Å². The van der Waals surface area contributed by atoms with Crippen molar-refractivity contribution in [3.05, 3.63) is 58.1 Å². The van der Waals surface area contributed by atoms with Crippen molar-refractivity contribution in [2.24, 2.45) is 0 Å². The van der Waals surface area contributed by atoms with Crippen molar-refractivity contribution in [1.82, 2.24) is 0 Å². The zero-order valence-corrected chi connectivity index (χ0v) is 13.2. The first-order chi connectivity index (χ1) is 9.44. The maximum atomic E-state index is 12.4. The second-order valence-electron chi connectivity index (χ2n) is 4.33. The third kappa shape index (κ3) is 3.20. The molecule has 2 rings (SSSR count). The average Bonchev–Trinajstić information content (AvgIpc) is 2.42. The Balaban J connectivity index is 2.41. The first kappa shape index (κ1) is 15.0. The Morgan fingerprint density at radius 3 is 2.55 bits per heavy atom. The number of hydrogen-bond donors (Lipinski definition) is 2. The molecule has 0 saturated heterocycles. The summed E-state index contributed by atoms with van der Waals surface area (Å²) in [7, 11) is -3.72. The van der Waals surface area contributed by atoms with Crippen LogP contribution < -0.4 is 4.72 Å². The predicted octanol–water partition coefficient (Wildman–Crippen LogP) is 3.05. The standard InChI is InChI=1S/C14H14BrNO3S/c1-10-8-12(15)6-7-13(10)16-20(18,19)14-5-3-2-4-11(14)9-17/h2-8,16-17H,9H2,1H3. The van der Waals surface area contributed by atoms with Crippen LogP contribution in [0.3, 0.4) is 0 Å². The molecule has 0 aliphatic heterocycles. The van der Waals surface area contributed by atoms with Crippen molar-refractivity contribution in [2.45, 2.75) is 18.4 Å². The summed E-state index contributed by atoms with van der Waals surface area (Å²) in [5.74, 6) is 0. The molecule has 0 amide bonds. The Morgan fingerprint density at radius 2 is 1.90 bits per heavy atom. The van der Waals surface area contributed by atoms with E-state index in [9.17, 15) is 13.5 Å². The highest BCUT2D eigenvalue weighted by molar-refractivity contribution is 9.10. The second-order valence-corrected chi connectivity index (χ2v) is 6.90. The Bertz CT molecular complexity index is 729. The van der Waals surface area contributed by atoms with Crippen molar-refractivity contribution in [1.29, 1.82) is 0 Å². The van der Waals surface area contributed by atoms with E-state index in [2.05, 4.69) is 20.7 Å². The SMILES string of the molecule is Cc1cc(Br)ccc1NS(=O)(=O)c1ccccc1CO. The number of sulfonamides is 1. The molecule has 106 valence electrons. The van der Waals surface area contributed by atoms with Gasteiger partial charge in [0.1, 0.15) is 0 Å². The lowest BCUT2D eigenvalue weighted by atomic mass is 10.2. The van der Waals surface area contributed by atoms with Gasteiger partial charge in [0.2, 0.25) is 0 Å². The number of rotatable bonds is 4. The zero-order valence-electron chi connectivity index (χ0n) is 10.8. The molecule has 0 aliphatic rings. The summed E-state index contributed by atoms with van der Waals surface area (Å²) in [5.41, 5.74) is 1.69. The minimum absolute atomic E-state index is 0.0878. The van der Waals surface area contributed by atoms with E-state index in [1.165, 1.54) is 6.07 Å². The van der Waals surface area contributed by atoms with E-state index >= 15 is 0 Å². The van der Waals surface area contributed by atoms with Gasteiger partial charge >= 0.3 is 0 Å². The fourth-order valence-electron chi connectivity index (χ4n) is 1.84. The molecule has 0 fully saturated rings. The molecule has 2 aromatic rings. The van der Waals surface area contributed by atoms with E-state index in [1.807, 2.05) is 13.0 Å². The Labute approximate surface area is 126 Å². The number of nitrogens with one attached hydrogen (secondary N) is 1. The maximum Gasteiger partial charge on any atom is 0.262 e. The first-order valence-corrected chi connectivity index (χ1v) is 8.19. The fraction of sp³-hybridized carbons (Fsp3) is 0.143. The van der Waals surface area contributed by atoms with E-state index in [4.69, 9.17) is 0 Å². The minimum Gasteiger partial charge on any atom is -0.392 e. The summed E-state index contributed by atoms with van der Waals surface area (Å²) in [6, 6.07) is 11.7. The Morgan fingerprint density at radius 1 is 1.20 bits per heavy atom.